The predicted octanol–water partition coefficient (Wildman–Crippen LogP) is -0.195. The number of aliphatic hydroxyl groups is 1. The smallest absolute Gasteiger partial charge is 0.310 e. The Morgan fingerprint density at radius 3 is 2.78 bits per heavy atom. The van der Waals surface area contributed by atoms with E-state index in [1.807, 2.05) is 18.7 Å². The second-order valence-electron chi connectivity index (χ2n) is 4.45. The Balaban J connectivity index is 2.51. The van der Waals surface area contributed by atoms with Gasteiger partial charge in [0.2, 0.25) is 0 Å². The van der Waals surface area contributed by atoms with Crippen molar-refractivity contribution in [2.75, 3.05) is 39.5 Å². The molecule has 0 aromatic carbocycles. The van der Waals surface area contributed by atoms with Crippen LogP contribution in [0.2, 0.25) is 0 Å². The number of aliphatic hydroxyl groups excluding tert-OH is 1. The van der Waals surface area contributed by atoms with Crippen LogP contribution in [0.25, 0.3) is 0 Å². The van der Waals surface area contributed by atoms with E-state index in [1.54, 1.807) is 0 Å². The minimum absolute atomic E-state index is 0.163. The standard InChI is InChI=1S/C12H23NO5/c1-3-13(5-9(14)6-17-4-2)11-8-18-7-10(11)12(15)16/h9-11,14H,3-8H2,1-2H3,(H,15,16). The summed E-state index contributed by atoms with van der Waals surface area (Å²) in [5.41, 5.74) is 0. The molecule has 3 atom stereocenters. The molecular weight excluding hydrogens is 238 g/mol. The van der Waals surface area contributed by atoms with Gasteiger partial charge in [-0.3, -0.25) is 9.69 Å². The van der Waals surface area contributed by atoms with Crippen LogP contribution < -0.4 is 0 Å². The molecule has 6 nitrogen and oxygen atoms in total. The Kier molecular flexibility index (Phi) is 6.56. The van der Waals surface area contributed by atoms with Crippen LogP contribution in [-0.4, -0.2) is 72.7 Å². The van der Waals surface area contributed by atoms with Gasteiger partial charge in [-0.05, 0) is 13.5 Å². The van der Waals surface area contributed by atoms with Crippen LogP contribution in [0.15, 0.2) is 0 Å². The van der Waals surface area contributed by atoms with Crippen molar-refractivity contribution in [1.29, 1.82) is 0 Å². The lowest BCUT2D eigenvalue weighted by molar-refractivity contribution is -0.143. The summed E-state index contributed by atoms with van der Waals surface area (Å²) in [6.07, 6.45) is -0.597. The maximum Gasteiger partial charge on any atom is 0.310 e. The molecule has 1 fully saturated rings. The minimum Gasteiger partial charge on any atom is -0.481 e. The monoisotopic (exact) mass is 261 g/mol. The van der Waals surface area contributed by atoms with Crippen molar-refractivity contribution < 1.29 is 24.5 Å². The molecule has 0 saturated carbocycles. The van der Waals surface area contributed by atoms with E-state index in [2.05, 4.69) is 0 Å². The molecule has 0 aromatic heterocycles. The Hall–Kier alpha value is -0.690. The summed E-state index contributed by atoms with van der Waals surface area (Å²) in [7, 11) is 0. The molecule has 18 heavy (non-hydrogen) atoms. The van der Waals surface area contributed by atoms with E-state index >= 15 is 0 Å². The Bertz CT molecular complexity index is 261. The van der Waals surface area contributed by atoms with Gasteiger partial charge < -0.3 is 19.7 Å². The van der Waals surface area contributed by atoms with E-state index in [4.69, 9.17) is 14.6 Å². The molecule has 6 heteroatoms. The first-order valence-electron chi connectivity index (χ1n) is 6.40. The van der Waals surface area contributed by atoms with Crippen LogP contribution in [-0.2, 0) is 14.3 Å². The van der Waals surface area contributed by atoms with E-state index in [-0.39, 0.29) is 19.3 Å². The molecule has 0 amide bonds. The highest BCUT2D eigenvalue weighted by Crippen LogP contribution is 2.20. The lowest BCUT2D eigenvalue weighted by atomic mass is 10.0. The highest BCUT2D eigenvalue weighted by Gasteiger charge is 2.37. The second kappa shape index (κ2) is 7.68. The summed E-state index contributed by atoms with van der Waals surface area (Å²) >= 11 is 0. The highest BCUT2D eigenvalue weighted by molar-refractivity contribution is 5.71. The molecule has 0 bridgehead atoms. The van der Waals surface area contributed by atoms with E-state index in [0.717, 1.165) is 0 Å². The summed E-state index contributed by atoms with van der Waals surface area (Å²) in [5, 5.41) is 18.9. The Morgan fingerprint density at radius 1 is 1.50 bits per heavy atom. The number of rotatable bonds is 8. The van der Waals surface area contributed by atoms with E-state index in [1.165, 1.54) is 0 Å². The number of carboxylic acids is 1. The van der Waals surface area contributed by atoms with Crippen LogP contribution in [0.3, 0.4) is 0 Å². The topological polar surface area (TPSA) is 79.2 Å². The average Bonchev–Trinajstić information content (AvgIpc) is 2.82. The zero-order chi connectivity index (χ0) is 13.5. The number of ether oxygens (including phenoxy) is 2. The molecule has 1 saturated heterocycles. The van der Waals surface area contributed by atoms with Gasteiger partial charge in [0.15, 0.2) is 0 Å². The van der Waals surface area contributed by atoms with E-state index < -0.39 is 18.0 Å². The fourth-order valence-corrected chi connectivity index (χ4v) is 2.22. The first kappa shape index (κ1) is 15.4. The Morgan fingerprint density at radius 2 is 2.22 bits per heavy atom. The molecule has 1 aliphatic rings. The predicted molar refractivity (Wildman–Crippen MR) is 65.5 cm³/mol. The molecule has 1 aliphatic heterocycles. The number of nitrogens with zero attached hydrogens (tertiary/aromatic N) is 1. The molecule has 0 radical (unpaired) electrons. The number of aliphatic carboxylic acids is 1. The second-order valence-corrected chi connectivity index (χ2v) is 4.45. The van der Waals surface area contributed by atoms with Gasteiger partial charge in [0, 0.05) is 19.2 Å². The number of likely N-dealkylation sites (N-methyl/N-ethyl adjacent to an activating group) is 1. The Labute approximate surface area is 107 Å². The first-order chi connectivity index (χ1) is 8.60. The molecule has 3 unspecified atom stereocenters. The van der Waals surface area contributed by atoms with Crippen molar-refractivity contribution in [2.45, 2.75) is 26.0 Å². The molecule has 1 heterocycles. The summed E-state index contributed by atoms with van der Waals surface area (Å²) in [6, 6.07) is -0.163. The molecule has 2 N–H and O–H groups in total. The summed E-state index contributed by atoms with van der Waals surface area (Å²) in [5.74, 6) is -1.35. The first-order valence-corrected chi connectivity index (χ1v) is 6.40. The maximum atomic E-state index is 11.1. The molecule has 0 aliphatic carbocycles. The zero-order valence-electron chi connectivity index (χ0n) is 11.0. The normalized spacial score (nSPS) is 25.6. The van der Waals surface area contributed by atoms with Crippen molar-refractivity contribution in [1.82, 2.24) is 4.90 Å². The van der Waals surface area contributed by atoms with Gasteiger partial charge >= 0.3 is 5.97 Å². The number of carboxylic acid groups (broad SMARTS) is 1. The van der Waals surface area contributed by atoms with Crippen LogP contribution in [0.1, 0.15) is 13.8 Å². The summed E-state index contributed by atoms with van der Waals surface area (Å²) in [6.45, 7) is 6.41. The minimum atomic E-state index is -0.838. The van der Waals surface area contributed by atoms with Crippen molar-refractivity contribution >= 4 is 5.97 Å². The van der Waals surface area contributed by atoms with Gasteiger partial charge in [0.1, 0.15) is 0 Å². The number of carbonyl (C=O) groups is 1. The molecule has 106 valence electrons. The van der Waals surface area contributed by atoms with Gasteiger partial charge in [-0.1, -0.05) is 6.92 Å². The largest absolute Gasteiger partial charge is 0.481 e. The van der Waals surface area contributed by atoms with Gasteiger partial charge in [-0.25, -0.2) is 0 Å². The van der Waals surface area contributed by atoms with Crippen molar-refractivity contribution in [3.05, 3.63) is 0 Å². The van der Waals surface area contributed by atoms with Crippen LogP contribution in [0.5, 0.6) is 0 Å². The fourth-order valence-electron chi connectivity index (χ4n) is 2.22. The average molecular weight is 261 g/mol. The molecular formula is C12H23NO5. The molecule has 1 rings (SSSR count). The maximum absolute atomic E-state index is 11.1. The lowest BCUT2D eigenvalue weighted by Crippen LogP contribution is -2.47. The number of hydrogen-bond donors (Lipinski definition) is 2. The summed E-state index contributed by atoms with van der Waals surface area (Å²) in [4.78, 5) is 13.1. The van der Waals surface area contributed by atoms with Crippen molar-refractivity contribution in [3.63, 3.8) is 0 Å². The summed E-state index contributed by atoms with van der Waals surface area (Å²) < 4.78 is 10.4. The van der Waals surface area contributed by atoms with Crippen LogP contribution >= 0.6 is 0 Å². The van der Waals surface area contributed by atoms with Crippen LogP contribution in [0.4, 0.5) is 0 Å². The lowest BCUT2D eigenvalue weighted by Gasteiger charge is -2.30. The quantitative estimate of drug-likeness (QED) is 0.630. The fraction of sp³-hybridized carbons (Fsp3) is 0.917. The molecule has 0 aromatic rings. The van der Waals surface area contributed by atoms with E-state index in [9.17, 15) is 9.90 Å². The number of hydrogen-bond acceptors (Lipinski definition) is 5. The van der Waals surface area contributed by atoms with Crippen molar-refractivity contribution in [2.24, 2.45) is 5.92 Å². The van der Waals surface area contributed by atoms with Gasteiger partial charge in [0.05, 0.1) is 31.8 Å². The third kappa shape index (κ3) is 4.20. The van der Waals surface area contributed by atoms with Gasteiger partial charge in [0.25, 0.3) is 0 Å². The molecule has 0 spiro atoms. The van der Waals surface area contributed by atoms with Crippen molar-refractivity contribution in [3.8, 4) is 0 Å². The third-order valence-corrected chi connectivity index (χ3v) is 3.20. The SMILES string of the molecule is CCOCC(O)CN(CC)C1COCC1C(=O)O. The van der Waals surface area contributed by atoms with Gasteiger partial charge in [-0.15, -0.1) is 0 Å². The zero-order valence-corrected chi connectivity index (χ0v) is 11.0. The third-order valence-electron chi connectivity index (χ3n) is 3.20. The highest BCUT2D eigenvalue weighted by atomic mass is 16.5. The van der Waals surface area contributed by atoms with Crippen LogP contribution in [0, 0.1) is 5.92 Å². The van der Waals surface area contributed by atoms with E-state index in [0.29, 0.717) is 26.3 Å². The van der Waals surface area contributed by atoms with Gasteiger partial charge in [-0.2, -0.15) is 0 Å².